The fraction of sp³-hybridized carbons (Fsp3) is 0.333. The lowest BCUT2D eigenvalue weighted by Gasteiger charge is -2.27. The number of carbonyl (C=O) groups is 2. The molecule has 1 fully saturated rings. The van der Waals surface area contributed by atoms with Crippen LogP contribution in [0.3, 0.4) is 0 Å². The number of amides is 2. The molecule has 0 unspecified atom stereocenters. The largest absolute Gasteiger partial charge is 0.467 e. The van der Waals surface area contributed by atoms with Crippen LogP contribution in [0.5, 0.6) is 0 Å². The van der Waals surface area contributed by atoms with Crippen molar-refractivity contribution in [2.75, 3.05) is 6.54 Å². The van der Waals surface area contributed by atoms with Crippen LogP contribution in [-0.4, -0.2) is 38.8 Å². The average Bonchev–Trinajstić information content (AvgIpc) is 3.08. The molecule has 0 spiro atoms. The molecule has 0 bridgehead atoms. The SMILES string of the molecule is Cn1cccc1CN(Cc1ccco1)C(=O)CN(C(=O)c1cccs1)C1CC1. The number of thiophene rings is 1. The fourth-order valence-electron chi connectivity index (χ4n) is 3.22. The quantitative estimate of drug-likeness (QED) is 0.584. The van der Waals surface area contributed by atoms with Gasteiger partial charge in [0.2, 0.25) is 5.91 Å². The Kier molecular flexibility index (Phi) is 5.34. The molecule has 1 aliphatic carbocycles. The molecule has 0 N–H and O–H groups in total. The monoisotopic (exact) mass is 397 g/mol. The van der Waals surface area contributed by atoms with Crippen molar-refractivity contribution in [2.45, 2.75) is 32.0 Å². The van der Waals surface area contributed by atoms with Gasteiger partial charge in [0.05, 0.1) is 24.2 Å². The van der Waals surface area contributed by atoms with E-state index in [1.807, 2.05) is 59.6 Å². The topological polar surface area (TPSA) is 58.7 Å². The second-order valence-corrected chi connectivity index (χ2v) is 8.03. The van der Waals surface area contributed by atoms with Crippen molar-refractivity contribution >= 4 is 23.2 Å². The third-order valence-electron chi connectivity index (χ3n) is 4.97. The summed E-state index contributed by atoms with van der Waals surface area (Å²) in [6.07, 6.45) is 5.49. The molecule has 0 saturated heterocycles. The Morgan fingerprint density at radius 1 is 1.18 bits per heavy atom. The first-order valence-corrected chi connectivity index (χ1v) is 10.2. The smallest absolute Gasteiger partial charge is 0.264 e. The van der Waals surface area contributed by atoms with Gasteiger partial charge in [-0.05, 0) is 48.6 Å². The molecule has 146 valence electrons. The molecule has 0 radical (unpaired) electrons. The van der Waals surface area contributed by atoms with Crippen LogP contribution in [0.4, 0.5) is 0 Å². The van der Waals surface area contributed by atoms with Gasteiger partial charge in [-0.15, -0.1) is 11.3 Å². The van der Waals surface area contributed by atoms with Crippen LogP contribution in [0, 0.1) is 0 Å². The number of carbonyl (C=O) groups excluding carboxylic acids is 2. The van der Waals surface area contributed by atoms with Crippen molar-refractivity contribution in [1.82, 2.24) is 14.4 Å². The van der Waals surface area contributed by atoms with Crippen molar-refractivity contribution in [3.63, 3.8) is 0 Å². The highest BCUT2D eigenvalue weighted by Crippen LogP contribution is 2.29. The van der Waals surface area contributed by atoms with E-state index in [1.54, 1.807) is 16.1 Å². The highest BCUT2D eigenvalue weighted by molar-refractivity contribution is 7.12. The molecule has 3 aromatic rings. The first-order valence-electron chi connectivity index (χ1n) is 9.36. The van der Waals surface area contributed by atoms with Gasteiger partial charge in [-0.1, -0.05) is 6.07 Å². The number of rotatable bonds is 8. The normalized spacial score (nSPS) is 13.5. The maximum absolute atomic E-state index is 13.2. The van der Waals surface area contributed by atoms with Crippen molar-refractivity contribution in [2.24, 2.45) is 7.05 Å². The van der Waals surface area contributed by atoms with Crippen molar-refractivity contribution in [1.29, 1.82) is 0 Å². The minimum atomic E-state index is -0.0746. The highest BCUT2D eigenvalue weighted by Gasteiger charge is 2.35. The summed E-state index contributed by atoms with van der Waals surface area (Å²) in [5.41, 5.74) is 1.03. The molecule has 0 aromatic carbocycles. The summed E-state index contributed by atoms with van der Waals surface area (Å²) in [6, 6.07) is 11.5. The Bertz CT molecular complexity index is 926. The van der Waals surface area contributed by atoms with Crippen LogP contribution in [0.25, 0.3) is 0 Å². The zero-order chi connectivity index (χ0) is 19.5. The fourth-order valence-corrected chi connectivity index (χ4v) is 3.90. The summed E-state index contributed by atoms with van der Waals surface area (Å²) in [4.78, 5) is 30.3. The molecule has 1 aliphatic rings. The van der Waals surface area contributed by atoms with Gasteiger partial charge < -0.3 is 18.8 Å². The molecule has 4 rings (SSSR count). The lowest BCUT2D eigenvalue weighted by molar-refractivity contribution is -0.133. The average molecular weight is 398 g/mol. The second kappa shape index (κ2) is 8.06. The molecule has 0 aliphatic heterocycles. The molecule has 3 aromatic heterocycles. The summed E-state index contributed by atoms with van der Waals surface area (Å²) in [6.45, 7) is 0.935. The summed E-state index contributed by atoms with van der Waals surface area (Å²) in [5, 5.41) is 1.89. The van der Waals surface area contributed by atoms with Gasteiger partial charge in [0.25, 0.3) is 5.91 Å². The van der Waals surface area contributed by atoms with E-state index in [4.69, 9.17) is 4.42 Å². The molecule has 1 saturated carbocycles. The van der Waals surface area contributed by atoms with Crippen LogP contribution in [0.15, 0.2) is 58.7 Å². The Morgan fingerprint density at radius 3 is 2.64 bits per heavy atom. The molecule has 7 heteroatoms. The highest BCUT2D eigenvalue weighted by atomic mass is 32.1. The lowest BCUT2D eigenvalue weighted by Crippen LogP contribution is -2.43. The van der Waals surface area contributed by atoms with Crippen LogP contribution in [-0.2, 0) is 24.9 Å². The number of aryl methyl sites for hydroxylation is 1. The third kappa shape index (κ3) is 4.20. The van der Waals surface area contributed by atoms with Gasteiger partial charge in [0.1, 0.15) is 12.3 Å². The summed E-state index contributed by atoms with van der Waals surface area (Å²) < 4.78 is 7.45. The molecule has 6 nitrogen and oxygen atoms in total. The number of aromatic nitrogens is 1. The number of hydrogen-bond donors (Lipinski definition) is 0. The molecule has 28 heavy (non-hydrogen) atoms. The third-order valence-corrected chi connectivity index (χ3v) is 5.83. The second-order valence-electron chi connectivity index (χ2n) is 7.08. The van der Waals surface area contributed by atoms with E-state index in [1.165, 1.54) is 11.3 Å². The lowest BCUT2D eigenvalue weighted by atomic mass is 10.3. The van der Waals surface area contributed by atoms with E-state index in [0.29, 0.717) is 18.0 Å². The van der Waals surface area contributed by atoms with E-state index >= 15 is 0 Å². The van der Waals surface area contributed by atoms with Gasteiger partial charge in [0, 0.05) is 25.0 Å². The van der Waals surface area contributed by atoms with Gasteiger partial charge in [0.15, 0.2) is 0 Å². The van der Waals surface area contributed by atoms with Crippen molar-refractivity contribution < 1.29 is 14.0 Å². The van der Waals surface area contributed by atoms with Crippen LogP contribution in [0.2, 0.25) is 0 Å². The number of nitrogens with zero attached hydrogens (tertiary/aromatic N) is 3. The predicted octanol–water partition coefficient (Wildman–Crippen LogP) is 3.51. The van der Waals surface area contributed by atoms with Crippen molar-refractivity contribution in [3.05, 3.63) is 70.6 Å². The van der Waals surface area contributed by atoms with Gasteiger partial charge in [-0.2, -0.15) is 0 Å². The van der Waals surface area contributed by atoms with Gasteiger partial charge in [-0.3, -0.25) is 9.59 Å². The van der Waals surface area contributed by atoms with Crippen LogP contribution >= 0.6 is 11.3 Å². The van der Waals surface area contributed by atoms with E-state index in [0.717, 1.165) is 24.3 Å². The first kappa shape index (κ1) is 18.6. The Balaban J connectivity index is 1.51. The van der Waals surface area contributed by atoms with E-state index < -0.39 is 0 Å². The van der Waals surface area contributed by atoms with Crippen molar-refractivity contribution in [3.8, 4) is 0 Å². The van der Waals surface area contributed by atoms with Crippen LogP contribution < -0.4 is 0 Å². The van der Waals surface area contributed by atoms with E-state index in [2.05, 4.69) is 0 Å². The first-order chi connectivity index (χ1) is 13.6. The summed E-state index contributed by atoms with van der Waals surface area (Å²) in [7, 11) is 1.96. The molecule has 0 atom stereocenters. The Morgan fingerprint density at radius 2 is 2.04 bits per heavy atom. The number of furan rings is 1. The molecule has 3 heterocycles. The summed E-state index contributed by atoms with van der Waals surface area (Å²) >= 11 is 1.42. The predicted molar refractivity (Wildman–Crippen MR) is 107 cm³/mol. The Labute approximate surface area is 168 Å². The Hall–Kier alpha value is -2.80. The minimum absolute atomic E-state index is 0.0531. The summed E-state index contributed by atoms with van der Waals surface area (Å²) in [5.74, 6) is 0.599. The van der Waals surface area contributed by atoms with Gasteiger partial charge in [-0.25, -0.2) is 0 Å². The zero-order valence-electron chi connectivity index (χ0n) is 15.8. The number of hydrogen-bond acceptors (Lipinski definition) is 4. The van der Waals surface area contributed by atoms with E-state index in [9.17, 15) is 9.59 Å². The molecule has 2 amide bonds. The maximum atomic E-state index is 13.2. The minimum Gasteiger partial charge on any atom is -0.467 e. The maximum Gasteiger partial charge on any atom is 0.264 e. The standard InChI is InChI=1S/C21H23N3O3S/c1-22-10-2-5-17(22)13-23(14-18-6-3-11-27-18)20(25)15-24(16-8-9-16)21(26)19-7-4-12-28-19/h2-7,10-12,16H,8-9,13-15H2,1H3. The molecular formula is C21H23N3O3S. The van der Waals surface area contributed by atoms with E-state index in [-0.39, 0.29) is 24.4 Å². The molecular weight excluding hydrogens is 374 g/mol. The van der Waals surface area contributed by atoms with Crippen LogP contribution in [0.1, 0.15) is 34.0 Å². The zero-order valence-corrected chi connectivity index (χ0v) is 16.6. The van der Waals surface area contributed by atoms with Gasteiger partial charge >= 0.3 is 0 Å².